The van der Waals surface area contributed by atoms with Crippen molar-refractivity contribution in [2.45, 2.75) is 33.6 Å². The third kappa shape index (κ3) is 11.9. The van der Waals surface area contributed by atoms with Crippen LogP contribution >= 0.6 is 0 Å². The van der Waals surface area contributed by atoms with E-state index < -0.39 is 0 Å². The van der Waals surface area contributed by atoms with Crippen LogP contribution in [0.5, 0.6) is 0 Å². The fraction of sp³-hybridized carbons (Fsp3) is 1.00. The molecule has 3 heteroatoms. The lowest BCUT2D eigenvalue weighted by Gasteiger charge is -2.17. The summed E-state index contributed by atoms with van der Waals surface area (Å²) < 4.78 is 5.14. The number of aliphatic hydroxyl groups excluding tert-OH is 1. The minimum atomic E-state index is 0.122. The molecular weight excluding hydrogens is 178 g/mol. The smallest absolute Gasteiger partial charge is 0.0697 e. The van der Waals surface area contributed by atoms with Crippen molar-refractivity contribution in [3.63, 3.8) is 0 Å². The first kappa shape index (κ1) is 13.9. The Balaban J connectivity index is 2.99. The Morgan fingerprint density at radius 1 is 1.14 bits per heavy atom. The lowest BCUT2D eigenvalue weighted by molar-refractivity contribution is 0.0907. The van der Waals surface area contributed by atoms with Gasteiger partial charge in [0.2, 0.25) is 0 Å². The summed E-state index contributed by atoms with van der Waals surface area (Å²) in [6, 6.07) is 0. The molecule has 0 aliphatic heterocycles. The summed E-state index contributed by atoms with van der Waals surface area (Å²) in [6.07, 6.45) is 2.22. The first-order chi connectivity index (χ1) is 6.56. The number of hydrogen-bond donors (Lipinski definition) is 2. The second-order valence-corrected chi connectivity index (χ2v) is 4.75. The molecule has 0 aliphatic rings. The second-order valence-electron chi connectivity index (χ2n) is 4.75. The van der Waals surface area contributed by atoms with Crippen molar-refractivity contribution in [1.29, 1.82) is 0 Å². The average molecular weight is 203 g/mol. The van der Waals surface area contributed by atoms with Crippen LogP contribution in [0.15, 0.2) is 0 Å². The monoisotopic (exact) mass is 203 g/mol. The largest absolute Gasteiger partial charge is 0.394 e. The van der Waals surface area contributed by atoms with Crippen LogP contribution in [-0.2, 0) is 4.74 Å². The third-order valence-corrected chi connectivity index (χ3v) is 1.93. The normalized spacial score (nSPS) is 12.0. The summed E-state index contributed by atoms with van der Waals surface area (Å²) in [4.78, 5) is 0. The predicted octanol–water partition coefficient (Wildman–Crippen LogP) is 1.41. The van der Waals surface area contributed by atoms with Gasteiger partial charge in [0, 0.05) is 6.61 Å². The topological polar surface area (TPSA) is 41.5 Å². The molecule has 0 saturated heterocycles. The van der Waals surface area contributed by atoms with Crippen molar-refractivity contribution in [3.05, 3.63) is 0 Å². The highest BCUT2D eigenvalue weighted by molar-refractivity contribution is 4.62. The molecule has 0 saturated carbocycles. The minimum Gasteiger partial charge on any atom is -0.394 e. The van der Waals surface area contributed by atoms with Crippen molar-refractivity contribution >= 4 is 0 Å². The highest BCUT2D eigenvalue weighted by Gasteiger charge is 2.08. The number of rotatable bonds is 8. The Kier molecular flexibility index (Phi) is 8.14. The van der Waals surface area contributed by atoms with Gasteiger partial charge in [0.05, 0.1) is 13.2 Å². The lowest BCUT2D eigenvalue weighted by atomic mass is 9.92. The van der Waals surface area contributed by atoms with Crippen molar-refractivity contribution in [1.82, 2.24) is 5.32 Å². The summed E-state index contributed by atoms with van der Waals surface area (Å²) in [5.74, 6) is 0. The molecule has 0 aromatic carbocycles. The van der Waals surface area contributed by atoms with Crippen molar-refractivity contribution in [2.24, 2.45) is 5.41 Å². The van der Waals surface area contributed by atoms with Crippen molar-refractivity contribution < 1.29 is 9.84 Å². The summed E-state index contributed by atoms with van der Waals surface area (Å²) in [5.41, 5.74) is 0.417. The van der Waals surface area contributed by atoms with E-state index in [0.29, 0.717) is 12.0 Å². The summed E-state index contributed by atoms with van der Waals surface area (Å²) >= 11 is 0. The second kappa shape index (κ2) is 8.21. The van der Waals surface area contributed by atoms with E-state index in [1.54, 1.807) is 0 Å². The van der Waals surface area contributed by atoms with Crippen LogP contribution in [0.3, 0.4) is 0 Å². The van der Waals surface area contributed by atoms with Gasteiger partial charge in [-0.3, -0.25) is 0 Å². The lowest BCUT2D eigenvalue weighted by Crippen LogP contribution is -2.22. The first-order valence-corrected chi connectivity index (χ1v) is 5.45. The van der Waals surface area contributed by atoms with E-state index >= 15 is 0 Å². The molecule has 3 nitrogen and oxygen atoms in total. The van der Waals surface area contributed by atoms with Gasteiger partial charge < -0.3 is 15.2 Å². The standard InChI is InChI=1S/C11H25NO2/c1-11(2,3)5-7-12-6-4-9-14-10-8-13/h12-13H,4-10H2,1-3H3. The molecule has 0 amide bonds. The van der Waals surface area contributed by atoms with E-state index in [1.807, 2.05) is 0 Å². The molecule has 0 bridgehead atoms. The van der Waals surface area contributed by atoms with E-state index in [4.69, 9.17) is 9.84 Å². The van der Waals surface area contributed by atoms with Gasteiger partial charge in [-0.25, -0.2) is 0 Å². The van der Waals surface area contributed by atoms with Gasteiger partial charge >= 0.3 is 0 Å². The number of hydrogen-bond acceptors (Lipinski definition) is 3. The minimum absolute atomic E-state index is 0.122. The molecule has 14 heavy (non-hydrogen) atoms. The molecule has 0 rings (SSSR count). The number of aliphatic hydroxyl groups is 1. The zero-order chi connectivity index (χ0) is 10.9. The van der Waals surface area contributed by atoms with Gasteiger partial charge in [0.1, 0.15) is 0 Å². The van der Waals surface area contributed by atoms with Crippen LogP contribution in [0.1, 0.15) is 33.6 Å². The van der Waals surface area contributed by atoms with Gasteiger partial charge in [-0.1, -0.05) is 20.8 Å². The quantitative estimate of drug-likeness (QED) is 0.586. The van der Waals surface area contributed by atoms with E-state index in [0.717, 1.165) is 26.1 Å². The van der Waals surface area contributed by atoms with E-state index in [1.165, 1.54) is 6.42 Å². The SMILES string of the molecule is CC(C)(C)CCNCCCOCCO. The third-order valence-electron chi connectivity index (χ3n) is 1.93. The maximum Gasteiger partial charge on any atom is 0.0697 e. The Morgan fingerprint density at radius 3 is 2.43 bits per heavy atom. The van der Waals surface area contributed by atoms with E-state index in [-0.39, 0.29) is 6.61 Å². The Labute approximate surface area is 87.8 Å². The highest BCUT2D eigenvalue weighted by Crippen LogP contribution is 2.16. The molecule has 0 spiro atoms. The molecule has 0 fully saturated rings. The van der Waals surface area contributed by atoms with E-state index in [9.17, 15) is 0 Å². The molecule has 0 atom stereocenters. The van der Waals surface area contributed by atoms with Gasteiger partial charge in [-0.15, -0.1) is 0 Å². The van der Waals surface area contributed by atoms with Crippen molar-refractivity contribution in [3.8, 4) is 0 Å². The summed E-state index contributed by atoms with van der Waals surface area (Å²) in [6.45, 7) is 10.1. The fourth-order valence-electron chi connectivity index (χ4n) is 1.05. The molecule has 86 valence electrons. The molecular formula is C11H25NO2. The fourth-order valence-corrected chi connectivity index (χ4v) is 1.05. The summed E-state index contributed by atoms with van der Waals surface area (Å²) in [5, 5.41) is 11.8. The van der Waals surface area contributed by atoms with Gasteiger partial charge in [-0.05, 0) is 31.3 Å². The van der Waals surface area contributed by atoms with Crippen LogP contribution in [0.2, 0.25) is 0 Å². The van der Waals surface area contributed by atoms with Crippen molar-refractivity contribution in [2.75, 3.05) is 32.9 Å². The molecule has 0 heterocycles. The first-order valence-electron chi connectivity index (χ1n) is 5.45. The molecule has 0 radical (unpaired) electrons. The van der Waals surface area contributed by atoms with Crippen LogP contribution in [-0.4, -0.2) is 38.0 Å². The van der Waals surface area contributed by atoms with Gasteiger partial charge in [-0.2, -0.15) is 0 Å². The maximum absolute atomic E-state index is 8.46. The average Bonchev–Trinajstić information content (AvgIpc) is 2.08. The van der Waals surface area contributed by atoms with Crippen LogP contribution < -0.4 is 5.32 Å². The van der Waals surface area contributed by atoms with E-state index in [2.05, 4.69) is 26.1 Å². The number of nitrogens with one attached hydrogen (secondary N) is 1. The highest BCUT2D eigenvalue weighted by atomic mass is 16.5. The van der Waals surface area contributed by atoms with Crippen LogP contribution in [0, 0.1) is 5.41 Å². The Hall–Kier alpha value is -0.120. The van der Waals surface area contributed by atoms with Crippen LogP contribution in [0.4, 0.5) is 0 Å². The molecule has 0 aromatic rings. The van der Waals surface area contributed by atoms with Gasteiger partial charge in [0.25, 0.3) is 0 Å². The maximum atomic E-state index is 8.46. The zero-order valence-corrected chi connectivity index (χ0v) is 9.81. The number of ether oxygens (including phenoxy) is 1. The van der Waals surface area contributed by atoms with Crippen LogP contribution in [0.25, 0.3) is 0 Å². The molecule has 0 unspecified atom stereocenters. The molecule has 0 aromatic heterocycles. The molecule has 0 aliphatic carbocycles. The zero-order valence-electron chi connectivity index (χ0n) is 9.81. The summed E-state index contributed by atoms with van der Waals surface area (Å²) in [7, 11) is 0. The van der Waals surface area contributed by atoms with Gasteiger partial charge in [0.15, 0.2) is 0 Å². The molecule has 2 N–H and O–H groups in total. The Bertz CT molecular complexity index is 121. The predicted molar refractivity (Wildman–Crippen MR) is 59.5 cm³/mol. The Morgan fingerprint density at radius 2 is 1.86 bits per heavy atom.